The maximum absolute atomic E-state index is 13.5. The molecule has 2 fully saturated rings. The standard InChI is InChI=1S/C32H34N2O6/c1-3-39-25-12-13-27(22(2)20-25)30(35)28-29(23-8-7-11-26(21-23)40-24-9-5-4-6-10-24)34(32(37)31(28)36)15-14-33-16-18-38-19-17-33/h4-13,20-21,29,35H,3,14-19H2,1-2H3/b30-28-. The molecule has 0 spiro atoms. The minimum absolute atomic E-state index is 0.0658. The minimum atomic E-state index is -0.772. The summed E-state index contributed by atoms with van der Waals surface area (Å²) in [6.45, 7) is 7.98. The highest BCUT2D eigenvalue weighted by Gasteiger charge is 2.46. The molecule has 3 aromatic rings. The summed E-state index contributed by atoms with van der Waals surface area (Å²) in [6, 6.07) is 21.3. The topological polar surface area (TPSA) is 88.5 Å². The average Bonchev–Trinajstić information content (AvgIpc) is 3.22. The number of rotatable bonds is 9. The number of hydrogen-bond acceptors (Lipinski definition) is 7. The molecule has 0 aliphatic carbocycles. The van der Waals surface area contributed by atoms with Gasteiger partial charge < -0.3 is 24.2 Å². The van der Waals surface area contributed by atoms with Crippen molar-refractivity contribution in [2.45, 2.75) is 19.9 Å². The first-order valence-corrected chi connectivity index (χ1v) is 13.6. The number of carbonyl (C=O) groups is 2. The number of nitrogens with zero attached hydrogens (tertiary/aromatic N) is 2. The van der Waals surface area contributed by atoms with E-state index in [0.29, 0.717) is 61.3 Å². The molecule has 1 unspecified atom stereocenters. The quantitative estimate of drug-likeness (QED) is 0.233. The van der Waals surface area contributed by atoms with Gasteiger partial charge in [-0.15, -0.1) is 0 Å². The van der Waals surface area contributed by atoms with Crippen LogP contribution in [0.2, 0.25) is 0 Å². The fourth-order valence-electron chi connectivity index (χ4n) is 5.21. The summed E-state index contributed by atoms with van der Waals surface area (Å²) in [4.78, 5) is 30.7. The Morgan fingerprint density at radius 1 is 0.925 bits per heavy atom. The molecular weight excluding hydrogens is 508 g/mol. The molecule has 2 heterocycles. The molecule has 3 aromatic carbocycles. The van der Waals surface area contributed by atoms with Crippen molar-refractivity contribution in [2.75, 3.05) is 46.0 Å². The van der Waals surface area contributed by atoms with Crippen LogP contribution in [0, 0.1) is 6.92 Å². The van der Waals surface area contributed by atoms with E-state index in [1.54, 1.807) is 17.0 Å². The summed E-state index contributed by atoms with van der Waals surface area (Å²) >= 11 is 0. The van der Waals surface area contributed by atoms with Crippen LogP contribution in [0.15, 0.2) is 78.4 Å². The fraction of sp³-hybridized carbons (Fsp3) is 0.312. The highest BCUT2D eigenvalue weighted by Crippen LogP contribution is 2.41. The van der Waals surface area contributed by atoms with Gasteiger partial charge in [-0.3, -0.25) is 14.5 Å². The van der Waals surface area contributed by atoms with Crippen molar-refractivity contribution in [2.24, 2.45) is 0 Å². The second-order valence-electron chi connectivity index (χ2n) is 9.84. The third kappa shape index (κ3) is 5.88. The van der Waals surface area contributed by atoms with Gasteiger partial charge in [-0.1, -0.05) is 30.3 Å². The van der Waals surface area contributed by atoms with Gasteiger partial charge in [0.2, 0.25) is 0 Å². The van der Waals surface area contributed by atoms with Gasteiger partial charge in [0.15, 0.2) is 0 Å². The zero-order valence-corrected chi connectivity index (χ0v) is 22.8. The molecule has 2 aliphatic heterocycles. The van der Waals surface area contributed by atoms with Gasteiger partial charge in [-0.2, -0.15) is 0 Å². The number of amides is 1. The largest absolute Gasteiger partial charge is 0.507 e. The van der Waals surface area contributed by atoms with Crippen molar-refractivity contribution >= 4 is 17.4 Å². The molecule has 208 valence electrons. The van der Waals surface area contributed by atoms with Crippen molar-refractivity contribution in [1.82, 2.24) is 9.80 Å². The Labute approximate surface area is 234 Å². The van der Waals surface area contributed by atoms with Crippen LogP contribution in [-0.2, 0) is 14.3 Å². The number of likely N-dealkylation sites (tertiary alicyclic amines) is 1. The molecule has 0 radical (unpaired) electrons. The van der Waals surface area contributed by atoms with Crippen LogP contribution in [0.5, 0.6) is 17.2 Å². The summed E-state index contributed by atoms with van der Waals surface area (Å²) in [7, 11) is 0. The molecule has 5 rings (SSSR count). The normalized spacial score (nSPS) is 19.1. The number of benzene rings is 3. The van der Waals surface area contributed by atoms with Crippen LogP contribution >= 0.6 is 0 Å². The van der Waals surface area contributed by atoms with Gasteiger partial charge >= 0.3 is 0 Å². The van der Waals surface area contributed by atoms with Crippen LogP contribution in [0.3, 0.4) is 0 Å². The number of ketones is 1. The predicted octanol–water partition coefficient (Wildman–Crippen LogP) is 4.94. The van der Waals surface area contributed by atoms with E-state index in [0.717, 1.165) is 18.7 Å². The monoisotopic (exact) mass is 542 g/mol. The van der Waals surface area contributed by atoms with Crippen LogP contribution in [0.1, 0.15) is 29.7 Å². The number of aryl methyl sites for hydroxylation is 1. The van der Waals surface area contributed by atoms with Crippen molar-refractivity contribution in [3.05, 3.63) is 95.1 Å². The predicted molar refractivity (Wildman–Crippen MR) is 152 cm³/mol. The molecule has 0 saturated carbocycles. The first kappa shape index (κ1) is 27.4. The number of aliphatic hydroxyl groups is 1. The number of morpholine rings is 1. The maximum atomic E-state index is 13.5. The van der Waals surface area contributed by atoms with Gasteiger partial charge in [0.05, 0.1) is 31.4 Å². The number of carbonyl (C=O) groups excluding carboxylic acids is 2. The summed E-state index contributed by atoms with van der Waals surface area (Å²) in [5, 5.41) is 11.6. The van der Waals surface area contributed by atoms with Crippen LogP contribution in [0.4, 0.5) is 0 Å². The Kier molecular flexibility index (Phi) is 8.48. The first-order valence-electron chi connectivity index (χ1n) is 13.6. The molecule has 2 aliphatic rings. The van der Waals surface area contributed by atoms with Gasteiger partial charge in [0.1, 0.15) is 23.0 Å². The molecule has 40 heavy (non-hydrogen) atoms. The Morgan fingerprint density at radius 3 is 2.40 bits per heavy atom. The molecule has 0 aromatic heterocycles. The Bertz CT molecular complexity index is 1400. The van der Waals surface area contributed by atoms with E-state index in [1.807, 2.05) is 74.5 Å². The molecular formula is C32H34N2O6. The summed E-state index contributed by atoms with van der Waals surface area (Å²) in [5.41, 5.74) is 1.97. The number of Topliss-reactive ketones (excluding diaryl/α,β-unsaturated/α-hetero) is 1. The van der Waals surface area contributed by atoms with Gasteiger partial charge in [0, 0.05) is 31.7 Å². The van der Waals surface area contributed by atoms with E-state index in [2.05, 4.69) is 4.90 Å². The minimum Gasteiger partial charge on any atom is -0.507 e. The lowest BCUT2D eigenvalue weighted by Gasteiger charge is -2.31. The van der Waals surface area contributed by atoms with Crippen LogP contribution < -0.4 is 9.47 Å². The summed E-state index contributed by atoms with van der Waals surface area (Å²) in [6.07, 6.45) is 0. The number of hydrogen-bond donors (Lipinski definition) is 1. The Morgan fingerprint density at radius 2 is 1.68 bits per heavy atom. The van der Waals surface area contributed by atoms with Crippen LogP contribution in [-0.4, -0.2) is 72.6 Å². The third-order valence-corrected chi connectivity index (χ3v) is 7.22. The lowest BCUT2D eigenvalue weighted by Crippen LogP contribution is -2.42. The summed E-state index contributed by atoms with van der Waals surface area (Å²) < 4.78 is 17.1. The van der Waals surface area contributed by atoms with Crippen molar-refractivity contribution < 1.29 is 28.9 Å². The molecule has 1 amide bonds. The van der Waals surface area contributed by atoms with Crippen molar-refractivity contribution in [3.63, 3.8) is 0 Å². The highest BCUT2D eigenvalue weighted by atomic mass is 16.5. The van der Waals surface area contributed by atoms with E-state index in [9.17, 15) is 14.7 Å². The molecule has 1 atom stereocenters. The smallest absolute Gasteiger partial charge is 0.295 e. The number of aliphatic hydroxyl groups excluding tert-OH is 1. The van der Waals surface area contributed by atoms with Gasteiger partial charge in [-0.25, -0.2) is 0 Å². The maximum Gasteiger partial charge on any atom is 0.295 e. The third-order valence-electron chi connectivity index (χ3n) is 7.22. The molecule has 8 nitrogen and oxygen atoms in total. The average molecular weight is 543 g/mol. The van der Waals surface area contributed by atoms with Gasteiger partial charge in [-0.05, 0) is 67.4 Å². The van der Waals surface area contributed by atoms with E-state index in [4.69, 9.17) is 14.2 Å². The van der Waals surface area contributed by atoms with E-state index in [-0.39, 0.29) is 11.3 Å². The van der Waals surface area contributed by atoms with E-state index >= 15 is 0 Å². The van der Waals surface area contributed by atoms with E-state index < -0.39 is 17.7 Å². The summed E-state index contributed by atoms with van der Waals surface area (Å²) in [5.74, 6) is 0.382. The first-order chi connectivity index (χ1) is 19.5. The Hall–Kier alpha value is -4.14. The SMILES string of the molecule is CCOc1ccc(/C(O)=C2/C(=O)C(=O)N(CCN3CCOCC3)C2c2cccc(Oc3ccccc3)c2)c(C)c1. The zero-order valence-electron chi connectivity index (χ0n) is 22.8. The zero-order chi connectivity index (χ0) is 28.1. The molecule has 1 N–H and O–H groups in total. The Balaban J connectivity index is 1.55. The second-order valence-corrected chi connectivity index (χ2v) is 9.84. The molecule has 8 heteroatoms. The lowest BCUT2D eigenvalue weighted by atomic mass is 9.93. The lowest BCUT2D eigenvalue weighted by molar-refractivity contribution is -0.140. The second kappa shape index (κ2) is 12.4. The molecule has 0 bridgehead atoms. The number of para-hydroxylation sites is 1. The van der Waals surface area contributed by atoms with Crippen molar-refractivity contribution in [1.29, 1.82) is 0 Å². The van der Waals surface area contributed by atoms with E-state index in [1.165, 1.54) is 0 Å². The molecule has 2 saturated heterocycles. The van der Waals surface area contributed by atoms with Gasteiger partial charge in [0.25, 0.3) is 11.7 Å². The van der Waals surface area contributed by atoms with Crippen LogP contribution in [0.25, 0.3) is 5.76 Å². The van der Waals surface area contributed by atoms with Crippen molar-refractivity contribution in [3.8, 4) is 17.2 Å². The highest BCUT2D eigenvalue weighted by molar-refractivity contribution is 6.46. The number of ether oxygens (including phenoxy) is 3. The fourth-order valence-corrected chi connectivity index (χ4v) is 5.21.